The summed E-state index contributed by atoms with van der Waals surface area (Å²) < 4.78 is 4.91. The predicted octanol–water partition coefficient (Wildman–Crippen LogP) is 1.87. The standard InChI is InChI=1S/C11H13NO3/c1-2-15-12-8-9-14-11(13)10-6-4-3-5-7-10/h3-8H,2,9H2,1H3. The first-order valence-electron chi connectivity index (χ1n) is 4.70. The van der Waals surface area contributed by atoms with Crippen LogP contribution in [-0.4, -0.2) is 25.4 Å². The lowest BCUT2D eigenvalue weighted by atomic mass is 10.2. The van der Waals surface area contributed by atoms with E-state index < -0.39 is 0 Å². The van der Waals surface area contributed by atoms with Crippen molar-refractivity contribution in [3.63, 3.8) is 0 Å². The van der Waals surface area contributed by atoms with Crippen molar-refractivity contribution in [1.29, 1.82) is 0 Å². The second kappa shape index (κ2) is 6.59. The van der Waals surface area contributed by atoms with Crippen molar-refractivity contribution in [3.8, 4) is 0 Å². The Bertz CT molecular complexity index is 322. The lowest BCUT2D eigenvalue weighted by Gasteiger charge is -2.00. The summed E-state index contributed by atoms with van der Waals surface area (Å²) in [5, 5.41) is 3.55. The molecule has 0 unspecified atom stereocenters. The first-order chi connectivity index (χ1) is 7.34. The molecular formula is C11H13NO3. The maximum atomic E-state index is 11.4. The average molecular weight is 207 g/mol. The number of esters is 1. The van der Waals surface area contributed by atoms with Crippen LogP contribution in [0.4, 0.5) is 0 Å². The van der Waals surface area contributed by atoms with Crippen LogP contribution in [-0.2, 0) is 9.57 Å². The highest BCUT2D eigenvalue weighted by molar-refractivity contribution is 5.90. The molecule has 0 bridgehead atoms. The Hall–Kier alpha value is -1.84. The van der Waals surface area contributed by atoms with E-state index in [1.807, 2.05) is 13.0 Å². The molecule has 0 N–H and O–H groups in total. The Labute approximate surface area is 88.5 Å². The number of oxime groups is 1. The van der Waals surface area contributed by atoms with Gasteiger partial charge < -0.3 is 9.57 Å². The van der Waals surface area contributed by atoms with Crippen LogP contribution in [0.15, 0.2) is 35.5 Å². The summed E-state index contributed by atoms with van der Waals surface area (Å²) in [6, 6.07) is 8.80. The van der Waals surface area contributed by atoms with E-state index in [9.17, 15) is 4.79 Å². The minimum atomic E-state index is -0.362. The molecule has 0 aromatic heterocycles. The number of carbonyl (C=O) groups excluding carboxylic acids is 1. The van der Waals surface area contributed by atoms with Gasteiger partial charge in [-0.3, -0.25) is 0 Å². The van der Waals surface area contributed by atoms with Crippen LogP contribution in [0.1, 0.15) is 17.3 Å². The van der Waals surface area contributed by atoms with Crippen molar-refractivity contribution < 1.29 is 14.4 Å². The molecule has 0 aliphatic carbocycles. The van der Waals surface area contributed by atoms with Gasteiger partial charge >= 0.3 is 5.97 Å². The summed E-state index contributed by atoms with van der Waals surface area (Å²) in [7, 11) is 0. The molecule has 0 saturated heterocycles. The van der Waals surface area contributed by atoms with E-state index >= 15 is 0 Å². The lowest BCUT2D eigenvalue weighted by molar-refractivity contribution is 0.0563. The van der Waals surface area contributed by atoms with Gasteiger partial charge in [-0.25, -0.2) is 4.79 Å². The molecule has 4 nitrogen and oxygen atoms in total. The molecule has 0 radical (unpaired) electrons. The van der Waals surface area contributed by atoms with E-state index in [1.54, 1.807) is 24.3 Å². The van der Waals surface area contributed by atoms with Crippen molar-refractivity contribution in [3.05, 3.63) is 35.9 Å². The van der Waals surface area contributed by atoms with Crippen LogP contribution in [0.5, 0.6) is 0 Å². The second-order valence-corrected chi connectivity index (χ2v) is 2.67. The van der Waals surface area contributed by atoms with E-state index in [0.29, 0.717) is 12.2 Å². The Morgan fingerprint density at radius 1 is 1.40 bits per heavy atom. The maximum absolute atomic E-state index is 11.4. The van der Waals surface area contributed by atoms with Crippen LogP contribution in [0, 0.1) is 0 Å². The summed E-state index contributed by atoms with van der Waals surface area (Å²) in [5.41, 5.74) is 0.530. The molecule has 0 spiro atoms. The molecule has 1 aromatic rings. The van der Waals surface area contributed by atoms with Gasteiger partial charge in [-0.05, 0) is 19.1 Å². The van der Waals surface area contributed by atoms with Crippen molar-refractivity contribution >= 4 is 12.2 Å². The molecular weight excluding hydrogens is 194 g/mol. The predicted molar refractivity (Wildman–Crippen MR) is 56.8 cm³/mol. The fraction of sp³-hybridized carbons (Fsp3) is 0.273. The van der Waals surface area contributed by atoms with E-state index in [1.165, 1.54) is 6.21 Å². The molecule has 0 aliphatic heterocycles. The van der Waals surface area contributed by atoms with Gasteiger partial charge in [0.05, 0.1) is 11.8 Å². The molecule has 15 heavy (non-hydrogen) atoms. The van der Waals surface area contributed by atoms with Gasteiger partial charge in [0, 0.05) is 0 Å². The monoisotopic (exact) mass is 207 g/mol. The van der Waals surface area contributed by atoms with Gasteiger partial charge in [-0.2, -0.15) is 0 Å². The summed E-state index contributed by atoms with van der Waals surface area (Å²) in [4.78, 5) is 16.1. The third-order valence-corrected chi connectivity index (χ3v) is 1.58. The molecule has 1 aromatic carbocycles. The van der Waals surface area contributed by atoms with E-state index in [-0.39, 0.29) is 12.6 Å². The smallest absolute Gasteiger partial charge is 0.338 e. The normalized spacial score (nSPS) is 10.2. The molecule has 0 amide bonds. The number of rotatable bonds is 5. The molecule has 0 fully saturated rings. The molecule has 0 saturated carbocycles. The number of hydrogen-bond acceptors (Lipinski definition) is 4. The average Bonchev–Trinajstić information content (AvgIpc) is 2.30. The summed E-state index contributed by atoms with van der Waals surface area (Å²) in [6.45, 7) is 2.45. The van der Waals surface area contributed by atoms with Crippen LogP contribution < -0.4 is 0 Å². The molecule has 0 heterocycles. The van der Waals surface area contributed by atoms with Gasteiger partial charge in [0.2, 0.25) is 0 Å². The second-order valence-electron chi connectivity index (χ2n) is 2.67. The minimum Gasteiger partial charge on any atom is -0.456 e. The van der Waals surface area contributed by atoms with Gasteiger partial charge in [0.15, 0.2) is 0 Å². The Morgan fingerprint density at radius 2 is 2.13 bits per heavy atom. The highest BCUT2D eigenvalue weighted by Crippen LogP contribution is 2.00. The largest absolute Gasteiger partial charge is 0.456 e. The maximum Gasteiger partial charge on any atom is 0.338 e. The van der Waals surface area contributed by atoms with Gasteiger partial charge in [-0.15, -0.1) is 0 Å². The highest BCUT2D eigenvalue weighted by Gasteiger charge is 2.03. The highest BCUT2D eigenvalue weighted by atomic mass is 16.6. The SMILES string of the molecule is CCON=CCOC(=O)c1ccccc1. The van der Waals surface area contributed by atoms with Crippen molar-refractivity contribution in [2.24, 2.45) is 5.16 Å². The first kappa shape index (κ1) is 11.2. The lowest BCUT2D eigenvalue weighted by Crippen LogP contribution is -2.06. The molecule has 80 valence electrons. The zero-order valence-electron chi connectivity index (χ0n) is 8.55. The van der Waals surface area contributed by atoms with Crippen LogP contribution in [0.3, 0.4) is 0 Å². The number of hydrogen-bond donors (Lipinski definition) is 0. The number of ether oxygens (including phenoxy) is 1. The van der Waals surface area contributed by atoms with Crippen LogP contribution in [0.25, 0.3) is 0 Å². The fourth-order valence-electron chi connectivity index (χ4n) is 0.928. The van der Waals surface area contributed by atoms with Crippen molar-refractivity contribution in [1.82, 2.24) is 0 Å². The zero-order chi connectivity index (χ0) is 10.9. The minimum absolute atomic E-state index is 0.119. The van der Waals surface area contributed by atoms with Crippen LogP contribution >= 0.6 is 0 Å². The number of nitrogens with zero attached hydrogens (tertiary/aromatic N) is 1. The van der Waals surface area contributed by atoms with Crippen molar-refractivity contribution in [2.75, 3.05) is 13.2 Å². The van der Waals surface area contributed by atoms with Gasteiger partial charge in [0.1, 0.15) is 13.2 Å². The third kappa shape index (κ3) is 4.26. The summed E-state index contributed by atoms with van der Waals surface area (Å²) >= 11 is 0. The molecule has 1 rings (SSSR count). The quantitative estimate of drug-likeness (QED) is 0.420. The zero-order valence-corrected chi connectivity index (χ0v) is 8.55. The summed E-state index contributed by atoms with van der Waals surface area (Å²) in [5.74, 6) is -0.362. The van der Waals surface area contributed by atoms with Gasteiger partial charge in [-0.1, -0.05) is 23.4 Å². The third-order valence-electron chi connectivity index (χ3n) is 1.58. The summed E-state index contributed by atoms with van der Waals surface area (Å²) in [6.07, 6.45) is 1.41. The molecule has 0 aliphatic rings. The fourth-order valence-corrected chi connectivity index (χ4v) is 0.928. The Balaban J connectivity index is 2.31. The molecule has 4 heteroatoms. The van der Waals surface area contributed by atoms with E-state index in [2.05, 4.69) is 5.16 Å². The Morgan fingerprint density at radius 3 is 2.80 bits per heavy atom. The molecule has 0 atom stereocenters. The number of benzene rings is 1. The topological polar surface area (TPSA) is 47.9 Å². The Kier molecular flexibility index (Phi) is 4.94. The van der Waals surface area contributed by atoms with E-state index in [4.69, 9.17) is 9.57 Å². The van der Waals surface area contributed by atoms with Crippen molar-refractivity contribution in [2.45, 2.75) is 6.92 Å². The first-order valence-corrected chi connectivity index (χ1v) is 4.70. The van der Waals surface area contributed by atoms with E-state index in [0.717, 1.165) is 0 Å². The number of carbonyl (C=O) groups is 1. The van der Waals surface area contributed by atoms with Crippen LogP contribution in [0.2, 0.25) is 0 Å². The van der Waals surface area contributed by atoms with Gasteiger partial charge in [0.25, 0.3) is 0 Å².